The van der Waals surface area contributed by atoms with Gasteiger partial charge in [-0.1, -0.05) is 82.4 Å². The summed E-state index contributed by atoms with van der Waals surface area (Å²) in [5, 5.41) is 13.1. The number of aromatic amines is 1. The molecule has 1 N–H and O–H groups in total. The van der Waals surface area contributed by atoms with E-state index in [0.717, 1.165) is 28.4 Å². The molecule has 1 aromatic heterocycles. The number of H-pyrrole nitrogens is 1. The first kappa shape index (κ1) is 19.6. The highest BCUT2D eigenvalue weighted by atomic mass is 31.2. The van der Waals surface area contributed by atoms with Crippen molar-refractivity contribution in [1.29, 1.82) is 0 Å². The lowest BCUT2D eigenvalue weighted by atomic mass is 10.4. The Morgan fingerprint density at radius 2 is 1.36 bits per heavy atom. The van der Waals surface area contributed by atoms with Crippen LogP contribution in [0.2, 0.25) is 0 Å². The number of hydrogen-bond donors (Lipinski definition) is 1. The summed E-state index contributed by atoms with van der Waals surface area (Å²) in [5.74, 6) is 0. The van der Waals surface area contributed by atoms with Gasteiger partial charge in [-0.05, 0) is 12.3 Å². The molecule has 0 spiro atoms. The number of rotatable bonds is 6. The van der Waals surface area contributed by atoms with Crippen LogP contribution in [0.25, 0.3) is 0 Å². The Morgan fingerprint density at radius 3 is 1.80 bits per heavy atom. The lowest BCUT2D eigenvalue weighted by Gasteiger charge is -2.20. The smallest absolute Gasteiger partial charge is 0.192 e. The Hall–Kier alpha value is -1.70. The summed E-state index contributed by atoms with van der Waals surface area (Å²) in [5.41, 5.74) is 1.51. The monoisotopic (exact) mass is 368 g/mol. The molecule has 2 aromatic carbocycles. The Morgan fingerprint density at radius 1 is 0.880 bits per heavy atom. The molecule has 3 radical (unpaired) electrons. The van der Waals surface area contributed by atoms with Crippen LogP contribution in [0.4, 0.5) is 0 Å². The second-order valence-corrected chi connectivity index (χ2v) is 10.9. The summed E-state index contributed by atoms with van der Waals surface area (Å²) in [6.45, 7) is 4.31. The normalized spacial score (nSPS) is 11.3. The van der Waals surface area contributed by atoms with E-state index in [0.29, 0.717) is 5.44 Å². The Labute approximate surface area is 152 Å². The maximum absolute atomic E-state index is 14.3. The number of hydrogen-bond acceptors (Lipinski definition) is 3. The molecule has 127 valence electrons. The first-order valence-corrected chi connectivity index (χ1v) is 11.5. The van der Waals surface area contributed by atoms with Gasteiger partial charge in [0.05, 0.1) is 0 Å². The van der Waals surface area contributed by atoms with Crippen LogP contribution in [0.15, 0.2) is 60.7 Å². The van der Waals surface area contributed by atoms with E-state index in [1.165, 1.54) is 0 Å². The van der Waals surface area contributed by atoms with Gasteiger partial charge in [0.25, 0.3) is 0 Å². The molecule has 0 aliphatic heterocycles. The molecule has 0 unspecified atom stereocenters. The molecule has 1 heterocycles. The molecule has 0 bridgehead atoms. The van der Waals surface area contributed by atoms with Crippen molar-refractivity contribution in [3.05, 3.63) is 60.7 Å². The van der Waals surface area contributed by atoms with E-state index in [1.54, 1.807) is 0 Å². The number of nitrogens with one attached hydrogen (secondary N) is 1. The minimum Gasteiger partial charge on any atom is -0.307 e. The van der Waals surface area contributed by atoms with Crippen LogP contribution >= 0.6 is 15.1 Å². The molecule has 0 aliphatic rings. The minimum atomic E-state index is -3.04. The summed E-state index contributed by atoms with van der Waals surface area (Å²) in [6, 6.07) is 19.3. The summed E-state index contributed by atoms with van der Waals surface area (Å²) in [4.78, 5) is 0. The van der Waals surface area contributed by atoms with Crippen LogP contribution in [0.3, 0.4) is 0 Å². The molecule has 0 aliphatic carbocycles. The van der Waals surface area contributed by atoms with Gasteiger partial charge in [0.1, 0.15) is 5.44 Å². The van der Waals surface area contributed by atoms with E-state index in [2.05, 4.69) is 29.3 Å². The predicted octanol–water partition coefficient (Wildman–Crippen LogP) is 2.21. The van der Waals surface area contributed by atoms with E-state index in [-0.39, 0.29) is 8.41 Å². The van der Waals surface area contributed by atoms with E-state index in [4.69, 9.17) is 0 Å². The van der Waals surface area contributed by atoms with Gasteiger partial charge in [-0.25, -0.2) is 0 Å². The van der Waals surface area contributed by atoms with Gasteiger partial charge in [0.15, 0.2) is 12.6 Å². The summed E-state index contributed by atoms with van der Waals surface area (Å²) >= 11 is 0. The minimum absolute atomic E-state index is 0. The quantitative estimate of drug-likeness (QED) is 0.536. The lowest BCUT2D eigenvalue weighted by molar-refractivity contribution is 0.592. The zero-order chi connectivity index (χ0) is 17.0. The highest BCUT2D eigenvalue weighted by Crippen LogP contribution is 2.43. The second-order valence-electron chi connectivity index (χ2n) is 5.42. The number of aromatic nitrogens is 3. The second kappa shape index (κ2) is 8.60. The maximum atomic E-state index is 14.3. The van der Waals surface area contributed by atoms with Crippen LogP contribution in [0.5, 0.6) is 0 Å². The van der Waals surface area contributed by atoms with Gasteiger partial charge in [0.2, 0.25) is 0 Å². The Bertz CT molecular complexity index is 792. The van der Waals surface area contributed by atoms with Crippen LogP contribution in [-0.2, 0) is 4.57 Å². The van der Waals surface area contributed by atoms with E-state index < -0.39 is 15.1 Å². The third-order valence-corrected chi connectivity index (χ3v) is 9.69. The van der Waals surface area contributed by atoms with Crippen LogP contribution in [0.1, 0.15) is 13.8 Å². The van der Waals surface area contributed by atoms with E-state index in [9.17, 15) is 4.57 Å². The van der Waals surface area contributed by atoms with Gasteiger partial charge in [-0.15, -0.1) is 0 Å². The molecular formula is C18H21BN3OP2. The predicted molar refractivity (Wildman–Crippen MR) is 109 cm³/mol. The third kappa shape index (κ3) is 3.63. The summed E-state index contributed by atoms with van der Waals surface area (Å²) < 4.78 is 14.3. The molecule has 3 aromatic rings. The summed E-state index contributed by atoms with van der Waals surface area (Å²) in [6.07, 6.45) is 2.02. The average molecular weight is 368 g/mol. The molecule has 3 rings (SSSR count). The van der Waals surface area contributed by atoms with Crippen molar-refractivity contribution in [2.24, 2.45) is 0 Å². The fourth-order valence-electron chi connectivity index (χ4n) is 2.84. The van der Waals surface area contributed by atoms with Crippen LogP contribution in [-0.4, -0.2) is 36.1 Å². The first-order valence-electron chi connectivity index (χ1n) is 8.09. The molecule has 25 heavy (non-hydrogen) atoms. The standard InChI is InChI=1S/C18H21N3OP2.B/c1-3-23(4-2)17-18(20-21-19-17)24(22,15-11-7-5-8-12-15)16-13-9-6-10-14-16;/h5-14H,3-4H2,1-2H3,(H,19,20,21);. The molecular weight excluding hydrogens is 347 g/mol. The fourth-order valence-corrected chi connectivity index (χ4v) is 7.74. The Kier molecular flexibility index (Phi) is 6.75. The topological polar surface area (TPSA) is 58.6 Å². The first-order chi connectivity index (χ1) is 11.7. The zero-order valence-electron chi connectivity index (χ0n) is 14.5. The maximum Gasteiger partial charge on any atom is 0.192 e. The van der Waals surface area contributed by atoms with Crippen molar-refractivity contribution >= 4 is 45.0 Å². The average Bonchev–Trinajstić information content (AvgIpc) is 3.14. The third-order valence-electron chi connectivity index (χ3n) is 4.11. The molecule has 4 nitrogen and oxygen atoms in total. The number of benzene rings is 2. The van der Waals surface area contributed by atoms with Crippen molar-refractivity contribution in [2.45, 2.75) is 13.8 Å². The molecule has 0 atom stereocenters. The van der Waals surface area contributed by atoms with Crippen molar-refractivity contribution < 1.29 is 4.57 Å². The van der Waals surface area contributed by atoms with Crippen LogP contribution in [0, 0.1) is 0 Å². The van der Waals surface area contributed by atoms with Crippen LogP contribution < -0.4 is 21.5 Å². The van der Waals surface area contributed by atoms with Gasteiger partial charge in [-0.2, -0.15) is 15.4 Å². The van der Waals surface area contributed by atoms with Gasteiger partial charge < -0.3 is 4.57 Å². The van der Waals surface area contributed by atoms with E-state index in [1.807, 2.05) is 60.7 Å². The number of nitrogens with zero attached hydrogens (tertiary/aromatic N) is 2. The van der Waals surface area contributed by atoms with Crippen molar-refractivity contribution in [2.75, 3.05) is 12.3 Å². The Balaban J connectivity index is 0.00000225. The van der Waals surface area contributed by atoms with Gasteiger partial charge in [0, 0.05) is 19.0 Å². The van der Waals surface area contributed by atoms with E-state index >= 15 is 0 Å². The molecule has 0 saturated heterocycles. The van der Waals surface area contributed by atoms with Crippen molar-refractivity contribution in [1.82, 2.24) is 15.4 Å². The molecule has 0 fully saturated rings. The molecule has 0 amide bonds. The SMILES string of the molecule is CCP(CC)c1n[nH]nc1P(=O)(c1ccccc1)c1ccccc1.[B]. The van der Waals surface area contributed by atoms with Crippen molar-refractivity contribution in [3.63, 3.8) is 0 Å². The zero-order valence-corrected chi connectivity index (χ0v) is 16.3. The molecule has 0 saturated carbocycles. The summed E-state index contributed by atoms with van der Waals surface area (Å²) in [7, 11) is -3.49. The highest BCUT2D eigenvalue weighted by Gasteiger charge is 2.36. The van der Waals surface area contributed by atoms with Gasteiger partial charge in [-0.3, -0.25) is 0 Å². The van der Waals surface area contributed by atoms with Gasteiger partial charge >= 0.3 is 0 Å². The highest BCUT2D eigenvalue weighted by molar-refractivity contribution is 7.86. The fraction of sp³-hybridized carbons (Fsp3) is 0.222. The lowest BCUT2D eigenvalue weighted by Crippen LogP contribution is -2.34. The molecule has 7 heteroatoms. The largest absolute Gasteiger partial charge is 0.307 e. The van der Waals surface area contributed by atoms with Crippen molar-refractivity contribution in [3.8, 4) is 0 Å².